The first-order valence-corrected chi connectivity index (χ1v) is 5.84. The maximum absolute atomic E-state index is 13.3. The molecule has 0 saturated carbocycles. The standard InChI is InChI=1S/C11H9ClFNOS/c1-7-2-3-9(13)10(4-7)15-6-8-5-14-11(12)16-8/h2-5H,6H2,1H3. The van der Waals surface area contributed by atoms with Gasteiger partial charge in [-0.05, 0) is 24.6 Å². The Hall–Kier alpha value is -1.13. The Labute approximate surface area is 102 Å². The van der Waals surface area contributed by atoms with Crippen LogP contribution in [-0.4, -0.2) is 4.98 Å². The molecule has 2 rings (SSSR count). The zero-order valence-corrected chi connectivity index (χ0v) is 10.1. The molecule has 1 aromatic carbocycles. The average Bonchev–Trinajstić information content (AvgIpc) is 2.66. The fourth-order valence-corrected chi connectivity index (χ4v) is 2.11. The third kappa shape index (κ3) is 2.71. The Morgan fingerprint density at radius 3 is 3.00 bits per heavy atom. The number of nitrogens with zero attached hydrogens (tertiary/aromatic N) is 1. The molecular weight excluding hydrogens is 249 g/mol. The highest BCUT2D eigenvalue weighted by Gasteiger charge is 2.05. The number of aryl methyl sites for hydroxylation is 1. The summed E-state index contributed by atoms with van der Waals surface area (Å²) in [6, 6.07) is 4.76. The molecule has 1 aromatic heterocycles. The highest BCUT2D eigenvalue weighted by molar-refractivity contribution is 7.15. The summed E-state index contributed by atoms with van der Waals surface area (Å²) in [5.74, 6) is -0.106. The van der Waals surface area contributed by atoms with E-state index < -0.39 is 0 Å². The molecular formula is C11H9ClFNOS. The fraction of sp³-hybridized carbons (Fsp3) is 0.182. The van der Waals surface area contributed by atoms with Crippen LogP contribution in [-0.2, 0) is 6.61 Å². The van der Waals surface area contributed by atoms with Crippen LogP contribution < -0.4 is 4.74 Å². The van der Waals surface area contributed by atoms with E-state index in [2.05, 4.69) is 4.98 Å². The molecule has 2 nitrogen and oxygen atoms in total. The maximum atomic E-state index is 13.3. The average molecular weight is 258 g/mol. The Morgan fingerprint density at radius 1 is 1.50 bits per heavy atom. The van der Waals surface area contributed by atoms with Gasteiger partial charge in [0.25, 0.3) is 0 Å². The number of thiazole rings is 1. The predicted molar refractivity (Wildman–Crippen MR) is 62.6 cm³/mol. The van der Waals surface area contributed by atoms with E-state index in [0.717, 1.165) is 10.4 Å². The number of hydrogen-bond acceptors (Lipinski definition) is 3. The van der Waals surface area contributed by atoms with Crippen molar-refractivity contribution in [2.45, 2.75) is 13.5 Å². The second kappa shape index (κ2) is 4.80. The molecule has 0 spiro atoms. The molecule has 0 amide bonds. The minimum atomic E-state index is -0.360. The Kier molecular flexibility index (Phi) is 3.41. The van der Waals surface area contributed by atoms with Gasteiger partial charge in [0, 0.05) is 6.20 Å². The molecule has 1 heterocycles. The van der Waals surface area contributed by atoms with E-state index in [4.69, 9.17) is 16.3 Å². The summed E-state index contributed by atoms with van der Waals surface area (Å²) in [5, 5.41) is 0. The largest absolute Gasteiger partial charge is 0.485 e. The van der Waals surface area contributed by atoms with E-state index in [1.165, 1.54) is 17.4 Å². The van der Waals surface area contributed by atoms with Crippen molar-refractivity contribution in [2.24, 2.45) is 0 Å². The maximum Gasteiger partial charge on any atom is 0.183 e. The lowest BCUT2D eigenvalue weighted by atomic mass is 10.2. The highest BCUT2D eigenvalue weighted by atomic mass is 35.5. The molecule has 5 heteroatoms. The van der Waals surface area contributed by atoms with Crippen molar-refractivity contribution in [3.05, 3.63) is 45.1 Å². The van der Waals surface area contributed by atoms with E-state index in [0.29, 0.717) is 4.47 Å². The van der Waals surface area contributed by atoms with Crippen LogP contribution in [0.3, 0.4) is 0 Å². The van der Waals surface area contributed by atoms with Crippen LogP contribution in [0.4, 0.5) is 4.39 Å². The van der Waals surface area contributed by atoms with Crippen molar-refractivity contribution in [1.29, 1.82) is 0 Å². The zero-order valence-electron chi connectivity index (χ0n) is 8.54. The molecule has 0 unspecified atom stereocenters. The SMILES string of the molecule is Cc1ccc(F)c(OCc2cnc(Cl)s2)c1. The number of ether oxygens (including phenoxy) is 1. The third-order valence-electron chi connectivity index (χ3n) is 1.98. The van der Waals surface area contributed by atoms with E-state index >= 15 is 0 Å². The number of benzene rings is 1. The Balaban J connectivity index is 2.07. The molecule has 0 aliphatic carbocycles. The van der Waals surface area contributed by atoms with Crippen molar-refractivity contribution < 1.29 is 9.13 Å². The lowest BCUT2D eigenvalue weighted by Gasteiger charge is -2.06. The van der Waals surface area contributed by atoms with Gasteiger partial charge in [0.15, 0.2) is 16.0 Å². The van der Waals surface area contributed by atoms with Crippen LogP contribution in [0.15, 0.2) is 24.4 Å². The molecule has 2 aromatic rings. The molecule has 0 N–H and O–H groups in total. The van der Waals surface area contributed by atoms with E-state index in [9.17, 15) is 4.39 Å². The predicted octanol–water partition coefficient (Wildman–Crippen LogP) is 3.82. The van der Waals surface area contributed by atoms with Gasteiger partial charge >= 0.3 is 0 Å². The molecule has 0 saturated heterocycles. The quantitative estimate of drug-likeness (QED) is 0.834. The van der Waals surface area contributed by atoms with Gasteiger partial charge in [-0.1, -0.05) is 17.7 Å². The minimum absolute atomic E-state index is 0.254. The lowest BCUT2D eigenvalue weighted by Crippen LogP contribution is -1.95. The van der Waals surface area contributed by atoms with Crippen LogP contribution in [0, 0.1) is 12.7 Å². The van der Waals surface area contributed by atoms with E-state index in [-0.39, 0.29) is 18.2 Å². The minimum Gasteiger partial charge on any atom is -0.485 e. The number of rotatable bonds is 3. The summed E-state index contributed by atoms with van der Waals surface area (Å²) in [6.45, 7) is 2.17. The van der Waals surface area contributed by atoms with Gasteiger partial charge < -0.3 is 4.74 Å². The van der Waals surface area contributed by atoms with Crippen molar-refractivity contribution in [3.63, 3.8) is 0 Å². The highest BCUT2D eigenvalue weighted by Crippen LogP contribution is 2.22. The van der Waals surface area contributed by atoms with Crippen LogP contribution in [0.5, 0.6) is 5.75 Å². The number of hydrogen-bond donors (Lipinski definition) is 0. The molecule has 84 valence electrons. The van der Waals surface area contributed by atoms with Gasteiger partial charge in [-0.25, -0.2) is 9.37 Å². The zero-order chi connectivity index (χ0) is 11.5. The first-order valence-electron chi connectivity index (χ1n) is 4.64. The van der Waals surface area contributed by atoms with Crippen LogP contribution in [0.25, 0.3) is 0 Å². The van der Waals surface area contributed by atoms with Gasteiger partial charge in [-0.3, -0.25) is 0 Å². The molecule has 0 aliphatic rings. The lowest BCUT2D eigenvalue weighted by molar-refractivity contribution is 0.293. The van der Waals surface area contributed by atoms with Crippen molar-refractivity contribution in [3.8, 4) is 5.75 Å². The van der Waals surface area contributed by atoms with Gasteiger partial charge in [0.1, 0.15) is 6.61 Å². The van der Waals surface area contributed by atoms with Crippen molar-refractivity contribution >= 4 is 22.9 Å². The summed E-state index contributed by atoms with van der Waals surface area (Å²) < 4.78 is 19.1. The van der Waals surface area contributed by atoms with Gasteiger partial charge in [-0.15, -0.1) is 11.3 Å². The molecule has 0 fully saturated rings. The van der Waals surface area contributed by atoms with Crippen molar-refractivity contribution in [2.75, 3.05) is 0 Å². The molecule has 0 radical (unpaired) electrons. The molecule has 0 atom stereocenters. The summed E-state index contributed by atoms with van der Waals surface area (Å²) in [5.41, 5.74) is 0.957. The van der Waals surface area contributed by atoms with Gasteiger partial charge in [0.05, 0.1) is 4.88 Å². The fourth-order valence-electron chi connectivity index (χ4n) is 1.22. The molecule has 16 heavy (non-hydrogen) atoms. The molecule has 0 aliphatic heterocycles. The number of halogens is 2. The van der Waals surface area contributed by atoms with Gasteiger partial charge in [-0.2, -0.15) is 0 Å². The summed E-state index contributed by atoms with van der Waals surface area (Å²) in [4.78, 5) is 4.75. The Morgan fingerprint density at radius 2 is 2.31 bits per heavy atom. The summed E-state index contributed by atoms with van der Waals surface area (Å²) in [6.07, 6.45) is 1.63. The normalized spacial score (nSPS) is 10.4. The molecule has 0 bridgehead atoms. The van der Waals surface area contributed by atoms with Crippen LogP contribution >= 0.6 is 22.9 Å². The van der Waals surface area contributed by atoms with Crippen molar-refractivity contribution in [1.82, 2.24) is 4.98 Å². The van der Waals surface area contributed by atoms with Crippen LogP contribution in [0.2, 0.25) is 4.47 Å². The van der Waals surface area contributed by atoms with Crippen LogP contribution in [0.1, 0.15) is 10.4 Å². The van der Waals surface area contributed by atoms with E-state index in [1.54, 1.807) is 18.3 Å². The number of aromatic nitrogens is 1. The summed E-state index contributed by atoms with van der Waals surface area (Å²) >= 11 is 7.00. The smallest absolute Gasteiger partial charge is 0.183 e. The van der Waals surface area contributed by atoms with E-state index in [1.807, 2.05) is 6.92 Å². The summed E-state index contributed by atoms with van der Waals surface area (Å²) in [7, 11) is 0. The monoisotopic (exact) mass is 257 g/mol. The first kappa shape index (κ1) is 11.4. The second-order valence-electron chi connectivity index (χ2n) is 3.30. The second-order valence-corrected chi connectivity index (χ2v) is 5.00. The topological polar surface area (TPSA) is 22.1 Å². The van der Waals surface area contributed by atoms with Gasteiger partial charge in [0.2, 0.25) is 0 Å². The first-order chi connectivity index (χ1) is 7.65. The third-order valence-corrected chi connectivity index (χ3v) is 3.07. The Bertz CT molecular complexity index is 500.